The average molecular weight is 454 g/mol. The molecule has 1 heterocycles. The Morgan fingerprint density at radius 3 is 2.75 bits per heavy atom. The van der Waals surface area contributed by atoms with E-state index in [2.05, 4.69) is 27.6 Å². The average Bonchev–Trinajstić information content (AvgIpc) is 3.12. The van der Waals surface area contributed by atoms with Gasteiger partial charge in [-0.1, -0.05) is 76.6 Å². The molecule has 0 aliphatic rings. The number of rotatable bonds is 9. The Morgan fingerprint density at radius 1 is 1.14 bits per heavy atom. The molecule has 146 valence electrons. The van der Waals surface area contributed by atoms with Gasteiger partial charge in [0.15, 0.2) is 10.9 Å². The predicted molar refractivity (Wildman–Crippen MR) is 116 cm³/mol. The van der Waals surface area contributed by atoms with Crippen molar-refractivity contribution in [1.29, 1.82) is 0 Å². The minimum absolute atomic E-state index is 0.180. The van der Waals surface area contributed by atoms with E-state index in [9.17, 15) is 4.79 Å². The van der Waals surface area contributed by atoms with Crippen LogP contribution in [0.2, 0.25) is 10.0 Å². The van der Waals surface area contributed by atoms with Crippen LogP contribution >= 0.6 is 46.3 Å². The smallest absolute Gasteiger partial charge is 0.264 e. The Balaban J connectivity index is 1.39. The fraction of sp³-hybridized carbons (Fsp3) is 0.211. The molecule has 0 fully saturated rings. The molecule has 0 aliphatic heterocycles. The van der Waals surface area contributed by atoms with Gasteiger partial charge in [0.2, 0.25) is 5.13 Å². The number of ether oxygens (including phenoxy) is 1. The summed E-state index contributed by atoms with van der Waals surface area (Å²) in [6.07, 6.45) is 2.08. The second-order valence-electron chi connectivity index (χ2n) is 5.72. The Labute approximate surface area is 181 Å². The maximum absolute atomic E-state index is 12.0. The number of carbonyl (C=O) groups excluding carboxylic acids is 1. The Bertz CT molecular complexity index is 923. The highest BCUT2D eigenvalue weighted by atomic mass is 35.5. The van der Waals surface area contributed by atoms with Crippen molar-refractivity contribution in [2.45, 2.75) is 17.2 Å². The lowest BCUT2D eigenvalue weighted by molar-refractivity contribution is -0.118. The van der Waals surface area contributed by atoms with Gasteiger partial charge in [0.25, 0.3) is 5.91 Å². The summed E-state index contributed by atoms with van der Waals surface area (Å²) >= 11 is 14.8. The van der Waals surface area contributed by atoms with Gasteiger partial charge in [-0.2, -0.15) is 0 Å². The Morgan fingerprint density at radius 2 is 1.96 bits per heavy atom. The fourth-order valence-corrected chi connectivity index (χ4v) is 4.53. The minimum atomic E-state index is -0.331. The Hall–Kier alpha value is -1.80. The summed E-state index contributed by atoms with van der Waals surface area (Å²) in [6.45, 7) is -0.180. The third-order valence-corrected chi connectivity index (χ3v) is 6.17. The first-order valence-corrected chi connectivity index (χ1v) is 11.0. The number of anilines is 1. The van der Waals surface area contributed by atoms with E-state index < -0.39 is 0 Å². The number of aryl methyl sites for hydroxylation is 1. The normalized spacial score (nSPS) is 10.6. The number of hydrogen-bond acceptors (Lipinski definition) is 6. The summed E-state index contributed by atoms with van der Waals surface area (Å²) in [5, 5.41) is 12.1. The summed E-state index contributed by atoms with van der Waals surface area (Å²) in [6, 6.07) is 15.2. The van der Waals surface area contributed by atoms with Crippen molar-refractivity contribution in [3.63, 3.8) is 0 Å². The molecule has 3 rings (SSSR count). The first-order valence-electron chi connectivity index (χ1n) is 8.48. The van der Waals surface area contributed by atoms with Gasteiger partial charge in [0.1, 0.15) is 5.75 Å². The lowest BCUT2D eigenvalue weighted by Crippen LogP contribution is -2.20. The van der Waals surface area contributed by atoms with Gasteiger partial charge in [-0.15, -0.1) is 10.2 Å². The molecule has 0 radical (unpaired) electrons. The number of hydrogen-bond donors (Lipinski definition) is 1. The maximum Gasteiger partial charge on any atom is 0.264 e. The number of nitrogens with zero attached hydrogens (tertiary/aromatic N) is 2. The first-order chi connectivity index (χ1) is 13.6. The number of aromatic nitrogens is 2. The zero-order chi connectivity index (χ0) is 19.8. The number of halogens is 2. The van der Waals surface area contributed by atoms with E-state index in [1.54, 1.807) is 30.0 Å². The van der Waals surface area contributed by atoms with Crippen molar-refractivity contribution >= 4 is 57.3 Å². The van der Waals surface area contributed by atoms with Gasteiger partial charge in [-0.05, 0) is 36.6 Å². The molecule has 0 aliphatic carbocycles. The van der Waals surface area contributed by atoms with Crippen molar-refractivity contribution < 1.29 is 9.53 Å². The van der Waals surface area contributed by atoms with E-state index in [0.717, 1.165) is 22.9 Å². The second kappa shape index (κ2) is 10.7. The van der Waals surface area contributed by atoms with Crippen LogP contribution in [0.15, 0.2) is 52.9 Å². The van der Waals surface area contributed by atoms with Gasteiger partial charge in [-0.25, -0.2) is 0 Å². The van der Waals surface area contributed by atoms with Gasteiger partial charge in [0, 0.05) is 10.8 Å². The van der Waals surface area contributed by atoms with Gasteiger partial charge < -0.3 is 4.74 Å². The van der Waals surface area contributed by atoms with Crippen LogP contribution in [0, 0.1) is 0 Å². The first kappa shape index (κ1) is 20.9. The van der Waals surface area contributed by atoms with Gasteiger partial charge >= 0.3 is 0 Å². The highest BCUT2D eigenvalue weighted by molar-refractivity contribution is 8.01. The van der Waals surface area contributed by atoms with Crippen LogP contribution in [0.3, 0.4) is 0 Å². The molecule has 0 saturated heterocycles. The van der Waals surface area contributed by atoms with Gasteiger partial charge in [0.05, 0.1) is 5.02 Å². The number of benzene rings is 2. The lowest BCUT2D eigenvalue weighted by Gasteiger charge is -2.07. The third-order valence-electron chi connectivity index (χ3n) is 3.58. The van der Waals surface area contributed by atoms with Crippen LogP contribution in [0.5, 0.6) is 5.75 Å². The van der Waals surface area contributed by atoms with Crippen LogP contribution in [0.25, 0.3) is 0 Å². The molecular formula is C19H17Cl2N3O2S2. The molecule has 9 heteroatoms. The molecule has 0 saturated carbocycles. The number of nitrogens with one attached hydrogen (secondary N) is 1. The largest absolute Gasteiger partial charge is 0.482 e. The summed E-state index contributed by atoms with van der Waals surface area (Å²) in [4.78, 5) is 12.0. The molecule has 1 amide bonds. The quantitative estimate of drug-likeness (QED) is 0.260. The van der Waals surface area contributed by atoms with E-state index in [4.69, 9.17) is 27.9 Å². The van der Waals surface area contributed by atoms with Crippen molar-refractivity contribution in [2.24, 2.45) is 0 Å². The Kier molecular flexibility index (Phi) is 7.97. The van der Waals surface area contributed by atoms with Crippen LogP contribution in [0.4, 0.5) is 5.13 Å². The minimum Gasteiger partial charge on any atom is -0.482 e. The van der Waals surface area contributed by atoms with E-state index in [1.165, 1.54) is 16.9 Å². The zero-order valence-corrected chi connectivity index (χ0v) is 17.9. The highest BCUT2D eigenvalue weighted by Gasteiger charge is 2.10. The summed E-state index contributed by atoms with van der Waals surface area (Å²) in [5.74, 6) is 1.01. The third kappa shape index (κ3) is 6.67. The monoisotopic (exact) mass is 453 g/mol. The predicted octanol–water partition coefficient (Wildman–Crippen LogP) is 5.59. The standard InChI is InChI=1S/C19H17Cl2N3O2S2/c20-14-8-9-16(15(21)11-14)26-12-17(25)22-18-23-24-19(28-18)27-10-4-7-13-5-2-1-3-6-13/h1-3,5-6,8-9,11H,4,7,10,12H2,(H,22,23,25). The van der Waals surface area contributed by atoms with Crippen molar-refractivity contribution in [2.75, 3.05) is 17.7 Å². The van der Waals surface area contributed by atoms with E-state index in [-0.39, 0.29) is 12.5 Å². The van der Waals surface area contributed by atoms with Crippen LogP contribution in [0.1, 0.15) is 12.0 Å². The molecule has 0 bridgehead atoms. The second-order valence-corrected chi connectivity index (χ2v) is 8.89. The molecule has 0 unspecified atom stereocenters. The molecule has 3 aromatic rings. The summed E-state index contributed by atoms with van der Waals surface area (Å²) in [5.41, 5.74) is 1.33. The van der Waals surface area contributed by atoms with E-state index in [0.29, 0.717) is 20.9 Å². The van der Waals surface area contributed by atoms with Crippen LogP contribution in [-0.4, -0.2) is 28.5 Å². The SMILES string of the molecule is O=C(COc1ccc(Cl)cc1Cl)Nc1nnc(SCCCc2ccccc2)s1. The molecule has 1 aromatic heterocycles. The summed E-state index contributed by atoms with van der Waals surface area (Å²) in [7, 11) is 0. The molecule has 1 N–H and O–H groups in total. The molecule has 2 aromatic carbocycles. The fourth-order valence-electron chi connectivity index (χ4n) is 2.29. The van der Waals surface area contributed by atoms with Crippen molar-refractivity contribution in [3.05, 3.63) is 64.1 Å². The number of carbonyl (C=O) groups is 1. The number of thioether (sulfide) groups is 1. The highest BCUT2D eigenvalue weighted by Crippen LogP contribution is 2.28. The molecular weight excluding hydrogens is 437 g/mol. The summed E-state index contributed by atoms with van der Waals surface area (Å²) < 4.78 is 6.23. The zero-order valence-electron chi connectivity index (χ0n) is 14.7. The molecule has 5 nitrogen and oxygen atoms in total. The van der Waals surface area contributed by atoms with Crippen LogP contribution < -0.4 is 10.1 Å². The molecule has 0 spiro atoms. The lowest BCUT2D eigenvalue weighted by atomic mass is 10.1. The topological polar surface area (TPSA) is 64.1 Å². The van der Waals surface area contributed by atoms with Crippen LogP contribution in [-0.2, 0) is 11.2 Å². The molecule has 0 atom stereocenters. The van der Waals surface area contributed by atoms with E-state index >= 15 is 0 Å². The number of amides is 1. The van der Waals surface area contributed by atoms with Gasteiger partial charge in [-0.3, -0.25) is 10.1 Å². The maximum atomic E-state index is 12.0. The molecule has 28 heavy (non-hydrogen) atoms. The van der Waals surface area contributed by atoms with Crippen molar-refractivity contribution in [1.82, 2.24) is 10.2 Å². The van der Waals surface area contributed by atoms with Crippen molar-refractivity contribution in [3.8, 4) is 5.75 Å². The van der Waals surface area contributed by atoms with E-state index in [1.807, 2.05) is 18.2 Å².